The number of ether oxygens (including phenoxy) is 4. The smallest absolute Gasteiger partial charge is 0.231 e. The molecule has 0 amide bonds. The third kappa shape index (κ3) is 3.38. The lowest BCUT2D eigenvalue weighted by atomic mass is 9.95. The molecule has 0 bridgehead atoms. The Bertz CT molecular complexity index is 1070. The second-order valence-corrected chi connectivity index (χ2v) is 6.99. The minimum atomic E-state index is 0. The number of aliphatic hydroxyl groups excluding tert-OH is 1. The van der Waals surface area contributed by atoms with Gasteiger partial charge in [0.05, 0.1) is 24.7 Å². The number of hydrogen-bond acceptors (Lipinski definition) is 5. The van der Waals surface area contributed by atoms with E-state index >= 15 is 0 Å². The largest absolute Gasteiger partial charge is 1.00 e. The summed E-state index contributed by atoms with van der Waals surface area (Å²) in [5.74, 6) is 3.05. The van der Waals surface area contributed by atoms with Crippen LogP contribution in [0.2, 0.25) is 0 Å². The molecule has 1 aromatic heterocycles. The normalized spacial score (nSPS) is 13.4. The Morgan fingerprint density at radius 2 is 1.97 bits per heavy atom. The molecule has 0 radical (unpaired) electrons. The summed E-state index contributed by atoms with van der Waals surface area (Å²) >= 11 is 0. The molecule has 2 aliphatic heterocycles. The van der Waals surface area contributed by atoms with Crippen molar-refractivity contribution in [1.82, 2.24) is 0 Å². The number of aliphatic hydroxyl groups is 1. The predicted octanol–water partition coefficient (Wildman–Crippen LogP) is -0.147. The zero-order valence-electron chi connectivity index (χ0n) is 16.1. The van der Waals surface area contributed by atoms with Crippen LogP contribution in [0.3, 0.4) is 0 Å². The summed E-state index contributed by atoms with van der Waals surface area (Å²) in [7, 11) is 1.64. The fourth-order valence-corrected chi connectivity index (χ4v) is 3.95. The topological polar surface area (TPSA) is 61.0 Å². The second-order valence-electron chi connectivity index (χ2n) is 6.99. The van der Waals surface area contributed by atoms with Gasteiger partial charge in [-0.3, -0.25) is 0 Å². The highest BCUT2D eigenvalue weighted by Gasteiger charge is 2.28. The first kappa shape index (κ1) is 19.8. The van der Waals surface area contributed by atoms with Crippen molar-refractivity contribution < 1.29 is 45.6 Å². The maximum absolute atomic E-state index is 9.07. The molecule has 0 aliphatic carbocycles. The lowest BCUT2D eigenvalue weighted by Crippen LogP contribution is -3.00. The van der Waals surface area contributed by atoms with E-state index in [1.807, 2.05) is 6.07 Å². The van der Waals surface area contributed by atoms with E-state index in [-0.39, 0.29) is 30.4 Å². The van der Waals surface area contributed by atoms with Crippen LogP contribution in [0.15, 0.2) is 36.5 Å². The Balaban J connectivity index is 0.00000205. The SMILES string of the molecule is COc1ccc2cc3[n+](cc2c1OCCCO)CCc1cc2c(cc1-3)OCO2.[Br-]. The molecule has 0 unspecified atom stereocenters. The van der Waals surface area contributed by atoms with E-state index in [9.17, 15) is 0 Å². The molecular weight excluding hydrogens is 438 g/mol. The van der Waals surface area contributed by atoms with Crippen LogP contribution in [0.5, 0.6) is 23.0 Å². The number of hydrogen-bond donors (Lipinski definition) is 1. The van der Waals surface area contributed by atoms with Crippen molar-refractivity contribution in [1.29, 1.82) is 0 Å². The third-order valence-electron chi connectivity index (χ3n) is 5.35. The van der Waals surface area contributed by atoms with Gasteiger partial charge in [-0.15, -0.1) is 0 Å². The molecule has 0 saturated heterocycles. The lowest BCUT2D eigenvalue weighted by molar-refractivity contribution is -0.686. The minimum Gasteiger partial charge on any atom is -1.00 e. The van der Waals surface area contributed by atoms with Crippen molar-refractivity contribution in [3.8, 4) is 34.3 Å². The molecule has 2 aliphatic rings. The predicted molar refractivity (Wildman–Crippen MR) is 103 cm³/mol. The molecule has 0 atom stereocenters. The van der Waals surface area contributed by atoms with E-state index in [2.05, 4.69) is 35.0 Å². The zero-order valence-corrected chi connectivity index (χ0v) is 17.7. The first-order valence-corrected chi connectivity index (χ1v) is 9.49. The molecule has 0 saturated carbocycles. The van der Waals surface area contributed by atoms with Gasteiger partial charge in [-0.05, 0) is 35.2 Å². The van der Waals surface area contributed by atoms with Crippen molar-refractivity contribution in [3.05, 3.63) is 42.1 Å². The van der Waals surface area contributed by atoms with Crippen LogP contribution in [-0.2, 0) is 13.0 Å². The van der Waals surface area contributed by atoms with E-state index in [1.165, 1.54) is 11.1 Å². The van der Waals surface area contributed by atoms with Crippen molar-refractivity contribution in [2.24, 2.45) is 0 Å². The van der Waals surface area contributed by atoms with Crippen LogP contribution in [0.25, 0.3) is 22.0 Å². The van der Waals surface area contributed by atoms with Crippen molar-refractivity contribution >= 4 is 10.8 Å². The van der Waals surface area contributed by atoms with Crippen LogP contribution in [0.4, 0.5) is 0 Å². The number of nitrogens with zero attached hydrogens (tertiary/aromatic N) is 1. The van der Waals surface area contributed by atoms with Crippen LogP contribution >= 0.6 is 0 Å². The number of halogens is 1. The van der Waals surface area contributed by atoms with E-state index in [0.717, 1.165) is 46.7 Å². The molecule has 0 fully saturated rings. The molecule has 6 nitrogen and oxygen atoms in total. The van der Waals surface area contributed by atoms with Crippen LogP contribution < -0.4 is 40.5 Å². The monoisotopic (exact) mass is 459 g/mol. The Hall–Kier alpha value is -2.51. The van der Waals surface area contributed by atoms with E-state index in [1.54, 1.807) is 7.11 Å². The molecule has 2 aromatic carbocycles. The molecule has 5 rings (SSSR count). The van der Waals surface area contributed by atoms with E-state index < -0.39 is 0 Å². The Morgan fingerprint density at radius 1 is 1.14 bits per heavy atom. The quantitative estimate of drug-likeness (QED) is 0.424. The molecule has 3 aromatic rings. The van der Waals surface area contributed by atoms with Gasteiger partial charge in [-0.1, -0.05) is 0 Å². The average molecular weight is 460 g/mol. The molecule has 7 heteroatoms. The van der Waals surface area contributed by atoms with Crippen molar-refractivity contribution in [3.63, 3.8) is 0 Å². The van der Waals surface area contributed by atoms with E-state index in [0.29, 0.717) is 18.8 Å². The van der Waals surface area contributed by atoms with Gasteiger partial charge in [-0.2, -0.15) is 4.57 Å². The maximum atomic E-state index is 9.07. The number of pyridine rings is 1. The molecule has 152 valence electrons. The summed E-state index contributed by atoms with van der Waals surface area (Å²) in [6.07, 6.45) is 3.65. The maximum Gasteiger partial charge on any atom is 0.231 e. The summed E-state index contributed by atoms with van der Waals surface area (Å²) in [6, 6.07) is 10.3. The molecule has 1 N–H and O–H groups in total. The number of rotatable bonds is 5. The number of benzene rings is 2. The summed E-state index contributed by atoms with van der Waals surface area (Å²) in [6.45, 7) is 1.71. The number of aryl methyl sites for hydroxylation is 2. The van der Waals surface area contributed by atoms with Gasteiger partial charge in [-0.25, -0.2) is 0 Å². The van der Waals surface area contributed by atoms with Gasteiger partial charge in [0.1, 0.15) is 0 Å². The van der Waals surface area contributed by atoms with Crippen LogP contribution in [-0.4, -0.2) is 32.2 Å². The lowest BCUT2D eigenvalue weighted by Gasteiger charge is -2.18. The van der Waals surface area contributed by atoms with Gasteiger partial charge < -0.3 is 41.0 Å². The first-order chi connectivity index (χ1) is 13.8. The molecular formula is C22H22BrNO5. The van der Waals surface area contributed by atoms with Crippen LogP contribution in [0.1, 0.15) is 12.0 Å². The summed E-state index contributed by atoms with van der Waals surface area (Å²) in [5, 5.41) is 11.2. The minimum absolute atomic E-state index is 0. The third-order valence-corrected chi connectivity index (χ3v) is 5.35. The molecule has 3 heterocycles. The highest BCUT2D eigenvalue weighted by atomic mass is 79.9. The zero-order chi connectivity index (χ0) is 19.1. The Kier molecular flexibility index (Phi) is 5.52. The fraction of sp³-hybridized carbons (Fsp3) is 0.318. The summed E-state index contributed by atoms with van der Waals surface area (Å²) < 4.78 is 24.8. The van der Waals surface area contributed by atoms with Gasteiger partial charge in [0, 0.05) is 25.5 Å². The first-order valence-electron chi connectivity index (χ1n) is 9.49. The Labute approximate surface area is 179 Å². The summed E-state index contributed by atoms with van der Waals surface area (Å²) in [5.41, 5.74) is 3.60. The van der Waals surface area contributed by atoms with E-state index in [4.69, 9.17) is 24.1 Å². The van der Waals surface area contributed by atoms with Gasteiger partial charge in [0.25, 0.3) is 0 Å². The van der Waals surface area contributed by atoms with Gasteiger partial charge in [0.2, 0.25) is 12.5 Å². The molecule has 29 heavy (non-hydrogen) atoms. The standard InChI is InChI=1S/C22H22NO5.BrH/c1-25-19-4-3-14-9-18-16-11-21-20(27-13-28-21)10-15(16)5-6-23(18)12-17(14)22(19)26-8-2-7-24;/h3-4,9-12,24H,2,5-8,13H2,1H3;1H/q+1;/p-1. The second kappa shape index (κ2) is 8.08. The number of fused-ring (bicyclic) bond motifs is 5. The fourth-order valence-electron chi connectivity index (χ4n) is 3.95. The van der Waals surface area contributed by atoms with Crippen LogP contribution in [0, 0.1) is 0 Å². The average Bonchev–Trinajstić information content (AvgIpc) is 3.18. The highest BCUT2D eigenvalue weighted by molar-refractivity contribution is 5.91. The summed E-state index contributed by atoms with van der Waals surface area (Å²) in [4.78, 5) is 0. The van der Waals surface area contributed by atoms with Gasteiger partial charge in [0.15, 0.2) is 35.7 Å². The number of aromatic nitrogens is 1. The van der Waals surface area contributed by atoms with Crippen molar-refractivity contribution in [2.45, 2.75) is 19.4 Å². The Morgan fingerprint density at radius 3 is 2.76 bits per heavy atom. The van der Waals surface area contributed by atoms with Crippen molar-refractivity contribution in [2.75, 3.05) is 27.1 Å². The highest BCUT2D eigenvalue weighted by Crippen LogP contribution is 2.41. The molecule has 0 spiro atoms. The number of methoxy groups -OCH3 is 1. The van der Waals surface area contributed by atoms with Gasteiger partial charge >= 0.3 is 0 Å².